The van der Waals surface area contributed by atoms with Gasteiger partial charge in [0, 0.05) is 56.3 Å². The maximum atomic E-state index is 13.1. The molecule has 2 aliphatic heterocycles. The number of carboxylic acid groups (broad SMARTS) is 1. The summed E-state index contributed by atoms with van der Waals surface area (Å²) in [4.78, 5) is 57.1. The summed E-state index contributed by atoms with van der Waals surface area (Å²) in [7, 11) is 0. The standard InChI is InChI=1S/C31H38N2O6.C29H27F3N4O4/c1-6-36-29(34)26-20-33(30(35)39-31(3,4)5)19-24(26)18-22-12-14-25(15-13-22)37-17-16-27-21(2)38-28(32-27)23-10-8-7-9-11-23;1-18-24(34-26(40-18)20-5-3-2-4-6-20)12-14-39-22-9-7-19(8-10-22)15-21-16-36(17-23(21)27(37)38)28-33-13-11-25(35-28)29(30,31)32/h7-15,24,26H,6,16-20H2,1-5H3;2-11,13,21,23H,12,14-17H2,1H3,(H,37,38)/t24-,26+;21-,23+/m11/s1. The number of aryl methyl sites for hydroxylation is 2. The number of likely N-dealkylation sites (tertiary alicyclic amines) is 1. The third kappa shape index (κ3) is 15.5. The largest absolute Gasteiger partial charge is 0.493 e. The molecule has 7 aromatic rings. The van der Waals surface area contributed by atoms with Gasteiger partial charge in [0.1, 0.15) is 34.3 Å². The molecule has 0 unspecified atom stereocenters. The number of anilines is 1. The third-order valence-corrected chi connectivity index (χ3v) is 13.5. The van der Waals surface area contributed by atoms with E-state index in [4.69, 9.17) is 27.8 Å². The Morgan fingerprint density at radius 1 is 0.658 bits per heavy atom. The van der Waals surface area contributed by atoms with Crippen molar-refractivity contribution in [1.29, 1.82) is 0 Å². The highest BCUT2D eigenvalue weighted by Gasteiger charge is 2.42. The van der Waals surface area contributed by atoms with E-state index in [-0.39, 0.29) is 42.8 Å². The van der Waals surface area contributed by atoms with E-state index in [2.05, 4.69) is 19.9 Å². The van der Waals surface area contributed by atoms with Gasteiger partial charge in [-0.05, 0) is 132 Å². The summed E-state index contributed by atoms with van der Waals surface area (Å²) < 4.78 is 73.6. The van der Waals surface area contributed by atoms with Crippen LogP contribution in [0, 0.1) is 37.5 Å². The number of halogens is 3. The molecule has 0 spiro atoms. The topological polar surface area (TPSA) is 193 Å². The zero-order valence-electron chi connectivity index (χ0n) is 45.1. The number of carbonyl (C=O) groups is 3. The lowest BCUT2D eigenvalue weighted by Crippen LogP contribution is -2.36. The fraction of sp³-hybridized carbons (Fsp3) is 0.383. The molecule has 4 atom stereocenters. The van der Waals surface area contributed by atoms with Crippen LogP contribution in [0.15, 0.2) is 130 Å². The van der Waals surface area contributed by atoms with Crippen molar-refractivity contribution in [2.75, 3.05) is 50.9 Å². The summed E-state index contributed by atoms with van der Waals surface area (Å²) >= 11 is 0. The van der Waals surface area contributed by atoms with E-state index >= 15 is 0 Å². The molecule has 0 aliphatic carbocycles. The van der Waals surface area contributed by atoms with Crippen LogP contribution in [0.3, 0.4) is 0 Å². The van der Waals surface area contributed by atoms with Crippen LogP contribution in [-0.2, 0) is 50.9 Å². The van der Waals surface area contributed by atoms with Gasteiger partial charge in [0.25, 0.3) is 0 Å². The number of aliphatic carboxylic acids is 1. The first-order chi connectivity index (χ1) is 37.8. The molecule has 16 nitrogen and oxygen atoms in total. The first-order valence-electron chi connectivity index (χ1n) is 26.3. The van der Waals surface area contributed by atoms with Gasteiger partial charge in [-0.3, -0.25) is 9.59 Å². The molecule has 1 N–H and O–H groups in total. The van der Waals surface area contributed by atoms with Crippen LogP contribution in [0.4, 0.5) is 23.9 Å². The molecule has 4 aromatic carbocycles. The van der Waals surface area contributed by atoms with E-state index in [9.17, 15) is 32.7 Å². The van der Waals surface area contributed by atoms with Crippen LogP contribution in [0.1, 0.15) is 67.4 Å². The Balaban J connectivity index is 0.000000208. The summed E-state index contributed by atoms with van der Waals surface area (Å²) in [6.07, 6.45) is -1.68. The molecular weight excluding hydrogens is 1020 g/mol. The Kier molecular flexibility index (Phi) is 18.4. The number of esters is 1. The summed E-state index contributed by atoms with van der Waals surface area (Å²) in [6.45, 7) is 13.3. The predicted molar refractivity (Wildman–Crippen MR) is 287 cm³/mol. The van der Waals surface area contributed by atoms with Crippen molar-refractivity contribution in [2.45, 2.75) is 79.0 Å². The van der Waals surface area contributed by atoms with Gasteiger partial charge in [-0.15, -0.1) is 0 Å². The second-order valence-electron chi connectivity index (χ2n) is 20.5. The van der Waals surface area contributed by atoms with Crippen molar-refractivity contribution in [3.05, 3.63) is 161 Å². The molecule has 9 rings (SSSR count). The molecule has 3 aromatic heterocycles. The van der Waals surface area contributed by atoms with Gasteiger partial charge in [-0.2, -0.15) is 13.2 Å². The molecule has 416 valence electrons. The first-order valence-corrected chi connectivity index (χ1v) is 26.3. The smallest absolute Gasteiger partial charge is 0.433 e. The van der Waals surface area contributed by atoms with E-state index in [1.54, 1.807) is 11.8 Å². The fourth-order valence-corrected chi connectivity index (χ4v) is 9.56. The maximum absolute atomic E-state index is 13.1. The fourth-order valence-electron chi connectivity index (χ4n) is 9.56. The lowest BCUT2D eigenvalue weighted by atomic mass is 9.90. The van der Waals surface area contributed by atoms with Gasteiger partial charge in [-0.25, -0.2) is 24.7 Å². The van der Waals surface area contributed by atoms with Crippen molar-refractivity contribution in [1.82, 2.24) is 24.8 Å². The molecule has 79 heavy (non-hydrogen) atoms. The van der Waals surface area contributed by atoms with Crippen molar-refractivity contribution in [3.8, 4) is 34.4 Å². The summed E-state index contributed by atoms with van der Waals surface area (Å²) in [5.41, 5.74) is 3.87. The number of carbonyl (C=O) groups excluding carboxylic acids is 2. The number of hydrogen-bond donors (Lipinski definition) is 1. The van der Waals surface area contributed by atoms with Crippen molar-refractivity contribution >= 4 is 24.0 Å². The highest BCUT2D eigenvalue weighted by molar-refractivity contribution is 5.76. The van der Waals surface area contributed by atoms with Gasteiger partial charge in [0.05, 0.1) is 43.0 Å². The van der Waals surface area contributed by atoms with E-state index < -0.39 is 35.5 Å². The van der Waals surface area contributed by atoms with E-state index in [1.807, 2.05) is 144 Å². The number of amides is 1. The minimum Gasteiger partial charge on any atom is -0.493 e. The first kappa shape index (κ1) is 57.0. The quantitative estimate of drug-likeness (QED) is 0.0797. The van der Waals surface area contributed by atoms with Crippen LogP contribution < -0.4 is 14.4 Å². The number of rotatable bonds is 18. The minimum absolute atomic E-state index is 0.0377. The summed E-state index contributed by atoms with van der Waals surface area (Å²) in [5, 5.41) is 9.75. The number of alkyl halides is 3. The van der Waals surface area contributed by atoms with Crippen molar-refractivity contribution in [2.24, 2.45) is 23.7 Å². The molecule has 2 fully saturated rings. The number of ether oxygens (including phenoxy) is 4. The average molecular weight is 1090 g/mol. The van der Waals surface area contributed by atoms with Gasteiger partial charge in [0.15, 0.2) is 0 Å². The molecule has 2 saturated heterocycles. The normalized spacial score (nSPS) is 17.2. The maximum Gasteiger partial charge on any atom is 0.433 e. The van der Waals surface area contributed by atoms with Crippen LogP contribution in [-0.4, -0.2) is 99.6 Å². The predicted octanol–water partition coefficient (Wildman–Crippen LogP) is 11.3. The van der Waals surface area contributed by atoms with Crippen LogP contribution in [0.5, 0.6) is 11.5 Å². The zero-order valence-corrected chi connectivity index (χ0v) is 45.1. The number of hydrogen-bond acceptors (Lipinski definition) is 14. The van der Waals surface area contributed by atoms with E-state index in [0.29, 0.717) is 76.1 Å². The second-order valence-corrected chi connectivity index (χ2v) is 20.5. The monoisotopic (exact) mass is 1090 g/mol. The Labute approximate surface area is 456 Å². The Morgan fingerprint density at radius 3 is 1.63 bits per heavy atom. The summed E-state index contributed by atoms with van der Waals surface area (Å²) in [6, 6.07) is 35.5. The molecule has 0 saturated carbocycles. The van der Waals surface area contributed by atoms with E-state index in [1.165, 1.54) is 4.90 Å². The Morgan fingerprint density at radius 2 is 1.16 bits per heavy atom. The van der Waals surface area contributed by atoms with Crippen LogP contribution in [0.2, 0.25) is 0 Å². The zero-order chi connectivity index (χ0) is 56.3. The Bertz CT molecular complexity index is 3130. The van der Waals surface area contributed by atoms with E-state index in [0.717, 1.165) is 63.2 Å². The SMILES string of the molecule is CCOC(=O)[C@H]1CN(C(=O)OC(C)(C)C)C[C@H]1Cc1ccc(OCCc2nc(-c3ccccc3)oc2C)cc1.Cc1oc(-c2ccccc2)nc1CCOc1ccc(C[C@@H]2CN(c3nccc(C(F)(F)F)n3)C[C@@H]2C(=O)O)cc1. The number of carboxylic acids is 1. The number of nitrogens with zero attached hydrogens (tertiary/aromatic N) is 6. The lowest BCUT2D eigenvalue weighted by molar-refractivity contribution is -0.149. The van der Waals surface area contributed by atoms with Crippen molar-refractivity contribution < 1.29 is 60.4 Å². The third-order valence-electron chi connectivity index (χ3n) is 13.5. The van der Waals surface area contributed by atoms with Gasteiger partial charge < -0.3 is 42.7 Å². The molecule has 0 radical (unpaired) electrons. The molecule has 1 amide bonds. The lowest BCUT2D eigenvalue weighted by Gasteiger charge is -2.24. The Hall–Kier alpha value is -8.22. The molecular formula is C60H65F3N6O10. The molecule has 5 heterocycles. The molecule has 0 bridgehead atoms. The molecule has 19 heteroatoms. The number of oxazole rings is 2. The number of aromatic nitrogens is 4. The average Bonchev–Trinajstić information content (AvgIpc) is 4.25. The van der Waals surface area contributed by atoms with Gasteiger partial charge in [-0.1, -0.05) is 60.7 Å². The second kappa shape index (κ2) is 25.5. The van der Waals surface area contributed by atoms with Gasteiger partial charge in [0.2, 0.25) is 17.7 Å². The van der Waals surface area contributed by atoms with Crippen LogP contribution in [0.25, 0.3) is 22.9 Å². The van der Waals surface area contributed by atoms with Crippen molar-refractivity contribution in [3.63, 3.8) is 0 Å². The van der Waals surface area contributed by atoms with Gasteiger partial charge >= 0.3 is 24.2 Å². The minimum atomic E-state index is -4.61. The molecule has 2 aliphatic rings. The number of benzene rings is 4. The highest BCUT2D eigenvalue weighted by Crippen LogP contribution is 2.34. The highest BCUT2D eigenvalue weighted by atomic mass is 19.4. The van der Waals surface area contributed by atoms with Crippen LogP contribution >= 0.6 is 0 Å². The summed E-state index contributed by atoms with van der Waals surface area (Å²) in [5.74, 6) is 1.21.